The lowest BCUT2D eigenvalue weighted by Crippen LogP contribution is -2.40. The van der Waals surface area contributed by atoms with Crippen LogP contribution in [0.4, 0.5) is 4.39 Å². The molecule has 1 amide bonds. The summed E-state index contributed by atoms with van der Waals surface area (Å²) < 4.78 is 15.9. The van der Waals surface area contributed by atoms with Crippen molar-refractivity contribution in [1.82, 2.24) is 14.5 Å². The third-order valence-corrected chi connectivity index (χ3v) is 8.48. The number of aromatic nitrogens is 2. The molecule has 0 aliphatic carbocycles. The summed E-state index contributed by atoms with van der Waals surface area (Å²) in [6.45, 7) is 4.09. The fourth-order valence-corrected chi connectivity index (χ4v) is 6.40. The molecule has 194 valence electrons. The van der Waals surface area contributed by atoms with E-state index >= 15 is 0 Å². The summed E-state index contributed by atoms with van der Waals surface area (Å²) in [7, 11) is 0. The molecular formula is C33H34FN3O. The maximum atomic E-state index is 13.8. The summed E-state index contributed by atoms with van der Waals surface area (Å²) in [6, 6.07) is 26.9. The molecule has 4 aromatic rings. The number of carbonyl (C=O) groups is 1. The Morgan fingerprint density at radius 1 is 0.921 bits per heavy atom. The Bertz CT molecular complexity index is 1370. The number of likely N-dealkylation sites (tertiary alicyclic amines) is 1. The van der Waals surface area contributed by atoms with Gasteiger partial charge in [-0.25, -0.2) is 9.37 Å². The van der Waals surface area contributed by atoms with E-state index in [0.29, 0.717) is 29.0 Å². The molecule has 3 heterocycles. The first-order valence-electron chi connectivity index (χ1n) is 13.8. The summed E-state index contributed by atoms with van der Waals surface area (Å²) >= 11 is 0. The van der Waals surface area contributed by atoms with E-state index in [1.807, 2.05) is 30.2 Å². The van der Waals surface area contributed by atoms with Crippen molar-refractivity contribution >= 4 is 5.91 Å². The average molecular weight is 508 g/mol. The van der Waals surface area contributed by atoms with Gasteiger partial charge in [0.25, 0.3) is 5.91 Å². The van der Waals surface area contributed by atoms with E-state index in [1.54, 1.807) is 6.07 Å². The van der Waals surface area contributed by atoms with E-state index < -0.39 is 0 Å². The van der Waals surface area contributed by atoms with Gasteiger partial charge < -0.3 is 9.47 Å². The first-order chi connectivity index (χ1) is 18.6. The van der Waals surface area contributed by atoms with Crippen LogP contribution in [0.1, 0.15) is 69.7 Å². The number of rotatable bonds is 5. The van der Waals surface area contributed by atoms with Crippen molar-refractivity contribution in [2.75, 3.05) is 13.1 Å². The zero-order chi connectivity index (χ0) is 26.1. The molecule has 0 radical (unpaired) electrons. The second-order valence-electron chi connectivity index (χ2n) is 10.9. The third-order valence-electron chi connectivity index (χ3n) is 8.48. The van der Waals surface area contributed by atoms with Gasteiger partial charge in [-0.3, -0.25) is 4.79 Å². The molecule has 38 heavy (non-hydrogen) atoms. The third kappa shape index (κ3) is 4.90. The molecule has 1 aromatic heterocycles. The van der Waals surface area contributed by atoms with Gasteiger partial charge in [0.2, 0.25) is 0 Å². The number of amides is 1. The molecule has 1 unspecified atom stereocenters. The van der Waals surface area contributed by atoms with Gasteiger partial charge in [-0.05, 0) is 60.4 Å². The lowest BCUT2D eigenvalue weighted by Gasteiger charge is -2.36. The zero-order valence-electron chi connectivity index (χ0n) is 21.9. The molecule has 3 aromatic carbocycles. The highest BCUT2D eigenvalue weighted by Crippen LogP contribution is 2.38. The minimum absolute atomic E-state index is 0.0375. The van der Waals surface area contributed by atoms with Gasteiger partial charge in [0.05, 0.1) is 0 Å². The van der Waals surface area contributed by atoms with Crippen molar-refractivity contribution in [3.8, 4) is 0 Å². The van der Waals surface area contributed by atoms with Crippen LogP contribution in [-0.4, -0.2) is 33.4 Å². The van der Waals surface area contributed by atoms with Crippen LogP contribution in [0.2, 0.25) is 0 Å². The molecule has 2 aliphatic heterocycles. The van der Waals surface area contributed by atoms with E-state index in [2.05, 4.69) is 65.2 Å². The monoisotopic (exact) mass is 507 g/mol. The maximum Gasteiger partial charge on any atom is 0.274 e. The van der Waals surface area contributed by atoms with Crippen LogP contribution in [0, 0.1) is 18.7 Å². The molecular weight excluding hydrogens is 473 g/mol. The van der Waals surface area contributed by atoms with Crippen molar-refractivity contribution in [3.63, 3.8) is 0 Å². The van der Waals surface area contributed by atoms with Crippen LogP contribution in [0.25, 0.3) is 0 Å². The molecule has 2 aliphatic rings. The smallest absolute Gasteiger partial charge is 0.274 e. The number of piperidine rings is 1. The van der Waals surface area contributed by atoms with Crippen LogP contribution in [0.5, 0.6) is 0 Å². The average Bonchev–Trinajstić information content (AvgIpc) is 3.39. The summed E-state index contributed by atoms with van der Waals surface area (Å²) in [4.78, 5) is 20.2. The Hall–Kier alpha value is -3.73. The number of imidazole rings is 1. The van der Waals surface area contributed by atoms with Crippen LogP contribution >= 0.6 is 0 Å². The first-order valence-corrected chi connectivity index (χ1v) is 13.8. The molecule has 1 atom stereocenters. The Morgan fingerprint density at radius 2 is 1.58 bits per heavy atom. The number of hydrogen-bond acceptors (Lipinski definition) is 2. The van der Waals surface area contributed by atoms with Gasteiger partial charge in [-0.1, -0.05) is 72.8 Å². The fourth-order valence-electron chi connectivity index (χ4n) is 6.40. The van der Waals surface area contributed by atoms with E-state index in [4.69, 9.17) is 4.98 Å². The number of aryl methyl sites for hydroxylation is 2. The minimum Gasteiger partial charge on any atom is -0.337 e. The number of nitrogens with zero attached hydrogens (tertiary/aromatic N) is 3. The Morgan fingerprint density at radius 3 is 2.21 bits per heavy atom. The number of benzene rings is 3. The predicted octanol–water partition coefficient (Wildman–Crippen LogP) is 6.74. The molecule has 0 spiro atoms. The van der Waals surface area contributed by atoms with Crippen molar-refractivity contribution in [2.45, 2.75) is 51.0 Å². The van der Waals surface area contributed by atoms with Gasteiger partial charge in [0, 0.05) is 44.1 Å². The van der Waals surface area contributed by atoms with Gasteiger partial charge in [0.15, 0.2) is 0 Å². The van der Waals surface area contributed by atoms with Crippen LogP contribution in [0.15, 0.2) is 85.1 Å². The fraction of sp³-hybridized carbons (Fsp3) is 0.333. The summed E-state index contributed by atoms with van der Waals surface area (Å²) in [5.74, 6) is 1.98. The highest BCUT2D eigenvalue weighted by Gasteiger charge is 2.32. The second-order valence-corrected chi connectivity index (χ2v) is 10.9. The summed E-state index contributed by atoms with van der Waals surface area (Å²) in [5, 5.41) is 0. The summed E-state index contributed by atoms with van der Waals surface area (Å²) in [5.41, 5.74) is 5.08. The SMILES string of the molecule is Cc1cc(C2CCc3nc(C(=O)N4CCC(C(c5ccccc5)c5ccccc5)CC4)cn3C2)ccc1F. The van der Waals surface area contributed by atoms with Crippen molar-refractivity contribution in [3.05, 3.63) is 125 Å². The van der Waals surface area contributed by atoms with Gasteiger partial charge in [-0.2, -0.15) is 0 Å². The Balaban J connectivity index is 1.14. The molecule has 0 N–H and O–H groups in total. The number of hydrogen-bond donors (Lipinski definition) is 0. The highest BCUT2D eigenvalue weighted by molar-refractivity contribution is 5.92. The number of carbonyl (C=O) groups excluding carboxylic acids is 1. The lowest BCUT2D eigenvalue weighted by atomic mass is 9.76. The number of fused-ring (bicyclic) bond motifs is 1. The first kappa shape index (κ1) is 24.6. The lowest BCUT2D eigenvalue weighted by molar-refractivity contribution is 0.0678. The number of halogens is 1. The van der Waals surface area contributed by atoms with Gasteiger partial charge in [-0.15, -0.1) is 0 Å². The maximum absolute atomic E-state index is 13.8. The van der Waals surface area contributed by atoms with E-state index in [0.717, 1.165) is 56.7 Å². The van der Waals surface area contributed by atoms with E-state index in [9.17, 15) is 9.18 Å². The molecule has 0 bridgehead atoms. The highest BCUT2D eigenvalue weighted by atomic mass is 19.1. The molecule has 4 nitrogen and oxygen atoms in total. The topological polar surface area (TPSA) is 38.1 Å². The summed E-state index contributed by atoms with van der Waals surface area (Å²) in [6.07, 6.45) is 5.66. The quantitative estimate of drug-likeness (QED) is 0.300. The Labute approximate surface area is 224 Å². The molecule has 6 rings (SSSR count). The van der Waals surface area contributed by atoms with Crippen molar-refractivity contribution < 1.29 is 9.18 Å². The molecule has 1 saturated heterocycles. The normalized spacial score (nSPS) is 18.0. The van der Waals surface area contributed by atoms with E-state index in [-0.39, 0.29) is 11.7 Å². The van der Waals surface area contributed by atoms with Crippen LogP contribution in [0.3, 0.4) is 0 Å². The van der Waals surface area contributed by atoms with Crippen LogP contribution in [-0.2, 0) is 13.0 Å². The molecule has 0 saturated carbocycles. The van der Waals surface area contributed by atoms with Gasteiger partial charge >= 0.3 is 0 Å². The predicted molar refractivity (Wildman–Crippen MR) is 148 cm³/mol. The van der Waals surface area contributed by atoms with Crippen molar-refractivity contribution in [2.24, 2.45) is 5.92 Å². The molecule has 5 heteroatoms. The van der Waals surface area contributed by atoms with E-state index in [1.165, 1.54) is 11.1 Å². The van der Waals surface area contributed by atoms with Crippen LogP contribution < -0.4 is 0 Å². The second kappa shape index (κ2) is 10.6. The Kier molecular flexibility index (Phi) is 6.84. The standard InChI is InChI=1S/C33H34FN3O/c1-23-20-27(12-14-29(23)34)28-13-15-31-35-30(22-37(31)21-28)33(38)36-18-16-26(17-19-36)32(24-8-4-2-5-9-24)25-10-6-3-7-11-25/h2-12,14,20,22,26,28,32H,13,15-19,21H2,1H3. The van der Waals surface area contributed by atoms with Crippen molar-refractivity contribution in [1.29, 1.82) is 0 Å². The minimum atomic E-state index is -0.164. The molecule has 1 fully saturated rings. The van der Waals surface area contributed by atoms with Gasteiger partial charge in [0.1, 0.15) is 17.3 Å². The largest absolute Gasteiger partial charge is 0.337 e. The zero-order valence-corrected chi connectivity index (χ0v) is 21.9.